The zero-order valence-electron chi connectivity index (χ0n) is 20.6. The maximum Gasteiger partial charge on any atom is 0.250 e. The Morgan fingerprint density at radius 3 is 2.46 bits per heavy atom. The molecule has 1 amide bonds. The quantitative estimate of drug-likeness (QED) is 0.454. The summed E-state index contributed by atoms with van der Waals surface area (Å²) < 4.78 is 32.3. The van der Waals surface area contributed by atoms with Crippen LogP contribution in [0.5, 0.6) is 11.5 Å². The molecule has 1 aliphatic rings. The van der Waals surface area contributed by atoms with E-state index in [1.165, 1.54) is 0 Å². The molecule has 3 aromatic rings. The lowest BCUT2D eigenvalue weighted by molar-refractivity contribution is 0.100. The first kappa shape index (κ1) is 25.1. The van der Waals surface area contributed by atoms with Gasteiger partial charge in [0.15, 0.2) is 0 Å². The van der Waals surface area contributed by atoms with Crippen LogP contribution < -0.4 is 15.4 Å². The fourth-order valence-corrected chi connectivity index (χ4v) is 6.05. The highest BCUT2D eigenvalue weighted by molar-refractivity contribution is 7.89. The van der Waals surface area contributed by atoms with Crippen LogP contribution in [0, 0.1) is 0 Å². The summed E-state index contributed by atoms with van der Waals surface area (Å²) in [7, 11) is -3.19. The Balaban J connectivity index is 1.65. The number of nitrogens with two attached hydrogens (primary N) is 1. The summed E-state index contributed by atoms with van der Waals surface area (Å²) >= 11 is 0. The van der Waals surface area contributed by atoms with Gasteiger partial charge < -0.3 is 20.4 Å². The number of anilines is 1. The molecular weight excluding hydrogens is 464 g/mol. The Morgan fingerprint density at radius 2 is 1.83 bits per heavy atom. The summed E-state index contributed by atoms with van der Waals surface area (Å²) in [6, 6.07) is 11.5. The first-order chi connectivity index (χ1) is 16.8. The second kappa shape index (κ2) is 10.3. The summed E-state index contributed by atoms with van der Waals surface area (Å²) in [5.41, 5.74) is 8.89. The van der Waals surface area contributed by atoms with Crippen LogP contribution in [-0.4, -0.2) is 55.5 Å². The number of benzene rings is 2. The van der Waals surface area contributed by atoms with Crippen LogP contribution in [0.1, 0.15) is 55.5 Å². The van der Waals surface area contributed by atoms with E-state index in [4.69, 9.17) is 10.5 Å². The van der Waals surface area contributed by atoms with Gasteiger partial charge in [0, 0.05) is 49.5 Å². The van der Waals surface area contributed by atoms with Crippen molar-refractivity contribution < 1.29 is 17.9 Å². The van der Waals surface area contributed by atoms with Gasteiger partial charge in [0.1, 0.15) is 11.5 Å². The van der Waals surface area contributed by atoms with Crippen molar-refractivity contribution in [1.29, 1.82) is 0 Å². The van der Waals surface area contributed by atoms with E-state index >= 15 is 0 Å². The van der Waals surface area contributed by atoms with Gasteiger partial charge in [-0.3, -0.25) is 4.79 Å². The van der Waals surface area contributed by atoms with Crippen molar-refractivity contribution in [3.05, 3.63) is 53.7 Å². The number of piperidine rings is 1. The summed E-state index contributed by atoms with van der Waals surface area (Å²) in [4.78, 5) is 17.7. The largest absolute Gasteiger partial charge is 0.457 e. The molecule has 9 heteroatoms. The molecule has 35 heavy (non-hydrogen) atoms. The highest BCUT2D eigenvalue weighted by atomic mass is 32.2. The molecule has 188 valence electrons. The van der Waals surface area contributed by atoms with E-state index in [1.807, 2.05) is 36.5 Å². The molecule has 4 rings (SSSR count). The Morgan fingerprint density at radius 1 is 1.11 bits per heavy atom. The number of aromatic nitrogens is 1. The van der Waals surface area contributed by atoms with Crippen LogP contribution in [0.3, 0.4) is 0 Å². The third-order valence-electron chi connectivity index (χ3n) is 6.89. The minimum absolute atomic E-state index is 0.114. The lowest BCUT2D eigenvalue weighted by Crippen LogP contribution is -2.38. The molecule has 0 atom stereocenters. The van der Waals surface area contributed by atoms with E-state index < -0.39 is 15.9 Å². The Hall–Kier alpha value is -3.04. The number of carbonyl (C=O) groups is 1. The van der Waals surface area contributed by atoms with E-state index in [0.717, 1.165) is 42.6 Å². The number of H-pyrrole nitrogens is 1. The van der Waals surface area contributed by atoms with Crippen molar-refractivity contribution >= 4 is 32.5 Å². The monoisotopic (exact) mass is 498 g/mol. The first-order valence-electron chi connectivity index (χ1n) is 12.2. The van der Waals surface area contributed by atoms with Crippen molar-refractivity contribution in [2.24, 2.45) is 5.73 Å². The standard InChI is InChI=1S/C26H34N4O4S/c1-4-29(5-2)19-8-7-9-20(14-19)34-21-15-22-24(17-28-25(22)23(16-21)26(27)31)18-10-12-30(13-11-18)35(32,33)6-3/h7-9,14-18,28H,4-6,10-13H2,1-3H3,(H2,27,31). The van der Waals surface area contributed by atoms with Crippen LogP contribution >= 0.6 is 0 Å². The number of amides is 1. The number of rotatable bonds is 9. The molecule has 1 aliphatic heterocycles. The van der Waals surface area contributed by atoms with Crippen molar-refractivity contribution in [2.75, 3.05) is 36.8 Å². The van der Waals surface area contributed by atoms with Crippen LogP contribution in [0.4, 0.5) is 5.69 Å². The average molecular weight is 499 g/mol. The van der Waals surface area contributed by atoms with Crippen LogP contribution in [0.25, 0.3) is 10.9 Å². The molecule has 1 aromatic heterocycles. The highest BCUT2D eigenvalue weighted by Gasteiger charge is 2.29. The second-order valence-electron chi connectivity index (χ2n) is 8.85. The SMILES string of the molecule is CCN(CC)c1cccc(Oc2cc(C(N)=O)c3[nH]cc(C4CCN(S(=O)(=O)CC)CC4)c3c2)c1. The summed E-state index contributed by atoms with van der Waals surface area (Å²) in [5, 5.41) is 0.882. The Bertz CT molecular complexity index is 1310. The van der Waals surface area contributed by atoms with Crippen molar-refractivity contribution in [3.63, 3.8) is 0 Å². The van der Waals surface area contributed by atoms with Gasteiger partial charge in [0.05, 0.1) is 16.8 Å². The second-order valence-corrected chi connectivity index (χ2v) is 11.1. The molecule has 2 heterocycles. The number of aromatic amines is 1. The third-order valence-corrected chi connectivity index (χ3v) is 8.78. The Kier molecular flexibility index (Phi) is 7.37. The van der Waals surface area contributed by atoms with E-state index in [9.17, 15) is 13.2 Å². The van der Waals surface area contributed by atoms with E-state index in [-0.39, 0.29) is 11.7 Å². The number of hydrogen-bond donors (Lipinski definition) is 2. The molecule has 8 nitrogen and oxygen atoms in total. The first-order valence-corrected chi connectivity index (χ1v) is 13.8. The number of hydrogen-bond acceptors (Lipinski definition) is 5. The summed E-state index contributed by atoms with van der Waals surface area (Å²) in [6.07, 6.45) is 3.35. The smallest absolute Gasteiger partial charge is 0.250 e. The molecule has 0 aliphatic carbocycles. The number of primary amides is 1. The van der Waals surface area contributed by atoms with E-state index in [1.54, 1.807) is 17.3 Å². The lowest BCUT2D eigenvalue weighted by atomic mass is 9.89. The average Bonchev–Trinajstić information content (AvgIpc) is 3.28. The van der Waals surface area contributed by atoms with Gasteiger partial charge >= 0.3 is 0 Å². The van der Waals surface area contributed by atoms with Gasteiger partial charge in [0.2, 0.25) is 10.0 Å². The van der Waals surface area contributed by atoms with Crippen molar-refractivity contribution in [3.8, 4) is 11.5 Å². The van der Waals surface area contributed by atoms with Gasteiger partial charge in [0.25, 0.3) is 5.91 Å². The maximum absolute atomic E-state index is 12.3. The number of sulfonamides is 1. The normalized spacial score (nSPS) is 15.4. The molecule has 2 aromatic carbocycles. The van der Waals surface area contributed by atoms with Gasteiger partial charge in [-0.25, -0.2) is 12.7 Å². The van der Waals surface area contributed by atoms with Gasteiger partial charge in [-0.2, -0.15) is 0 Å². The van der Waals surface area contributed by atoms with E-state index in [0.29, 0.717) is 35.7 Å². The molecule has 0 spiro atoms. The van der Waals surface area contributed by atoms with Crippen LogP contribution in [0.2, 0.25) is 0 Å². The maximum atomic E-state index is 12.3. The van der Waals surface area contributed by atoms with Gasteiger partial charge in [-0.1, -0.05) is 6.07 Å². The third kappa shape index (κ3) is 5.16. The fourth-order valence-electron chi connectivity index (χ4n) is 4.91. The topological polar surface area (TPSA) is 109 Å². The van der Waals surface area contributed by atoms with E-state index in [2.05, 4.69) is 23.7 Å². The van der Waals surface area contributed by atoms with Crippen molar-refractivity contribution in [2.45, 2.75) is 39.5 Å². The lowest BCUT2D eigenvalue weighted by Gasteiger charge is -2.31. The number of nitrogens with zero attached hydrogens (tertiary/aromatic N) is 2. The van der Waals surface area contributed by atoms with Gasteiger partial charge in [-0.15, -0.1) is 0 Å². The number of nitrogens with one attached hydrogen (secondary N) is 1. The summed E-state index contributed by atoms with van der Waals surface area (Å²) in [6.45, 7) is 8.66. The van der Waals surface area contributed by atoms with Gasteiger partial charge in [-0.05, 0) is 69.4 Å². The zero-order valence-corrected chi connectivity index (χ0v) is 21.4. The molecule has 0 radical (unpaired) electrons. The van der Waals surface area contributed by atoms with Crippen LogP contribution in [0.15, 0.2) is 42.6 Å². The number of carbonyl (C=O) groups excluding carboxylic acids is 1. The van der Waals surface area contributed by atoms with Crippen LogP contribution in [-0.2, 0) is 10.0 Å². The highest BCUT2D eigenvalue weighted by Crippen LogP contribution is 2.38. The predicted molar refractivity (Wildman–Crippen MR) is 140 cm³/mol. The number of ether oxygens (including phenoxy) is 1. The molecule has 1 fully saturated rings. The molecule has 1 saturated heterocycles. The molecule has 3 N–H and O–H groups in total. The Labute approximate surface area is 207 Å². The molecular formula is C26H34N4O4S. The fraction of sp³-hybridized carbons (Fsp3) is 0.423. The predicted octanol–water partition coefficient (Wildman–Crippen LogP) is 4.43. The number of fused-ring (bicyclic) bond motifs is 1. The molecule has 0 bridgehead atoms. The minimum atomic E-state index is -3.19. The molecule has 0 saturated carbocycles. The molecule has 0 unspecified atom stereocenters. The minimum Gasteiger partial charge on any atom is -0.457 e. The summed E-state index contributed by atoms with van der Waals surface area (Å²) in [5.74, 6) is 0.973. The zero-order chi connectivity index (χ0) is 25.2. The van der Waals surface area contributed by atoms with Crippen molar-refractivity contribution in [1.82, 2.24) is 9.29 Å².